The van der Waals surface area contributed by atoms with Gasteiger partial charge in [-0.15, -0.1) is 10.2 Å². The van der Waals surface area contributed by atoms with E-state index in [0.717, 1.165) is 36.7 Å². The SMILES string of the molecule is CC1CC(c2nnc([C@@H]3CC[C@@H]4CN3C(=O)N4O)o2)C1. The first kappa shape index (κ1) is 12.1. The van der Waals surface area contributed by atoms with Gasteiger partial charge in [-0.05, 0) is 31.6 Å². The second-order valence-corrected chi connectivity index (χ2v) is 6.28. The van der Waals surface area contributed by atoms with Gasteiger partial charge in [0.15, 0.2) is 0 Å². The molecule has 3 aliphatic rings. The Morgan fingerprint density at radius 1 is 1.25 bits per heavy atom. The summed E-state index contributed by atoms with van der Waals surface area (Å²) in [6.07, 6.45) is 3.72. The highest BCUT2D eigenvalue weighted by Gasteiger charge is 2.46. The molecule has 0 unspecified atom stereocenters. The maximum absolute atomic E-state index is 11.9. The van der Waals surface area contributed by atoms with E-state index >= 15 is 0 Å². The number of urea groups is 1. The van der Waals surface area contributed by atoms with E-state index < -0.39 is 0 Å². The van der Waals surface area contributed by atoms with Gasteiger partial charge in [0, 0.05) is 12.5 Å². The molecule has 0 radical (unpaired) electrons. The molecule has 2 bridgehead atoms. The maximum Gasteiger partial charge on any atom is 0.344 e. The predicted octanol–water partition coefficient (Wildman–Crippen LogP) is 1.91. The summed E-state index contributed by atoms with van der Waals surface area (Å²) in [6.45, 7) is 2.76. The standard InChI is InChI=1S/C13H18N4O3/c1-7-4-8(5-7)11-14-15-12(20-11)10-3-2-9-6-16(10)13(18)17(9)19/h7-10,19H,2-6H2,1H3/t7?,8?,9-,10+/m1/s1. The van der Waals surface area contributed by atoms with Gasteiger partial charge in [0.05, 0.1) is 6.04 Å². The van der Waals surface area contributed by atoms with Crippen LogP contribution in [0.1, 0.15) is 56.3 Å². The Hall–Kier alpha value is -1.63. The van der Waals surface area contributed by atoms with Crippen LogP contribution in [-0.2, 0) is 0 Å². The topological polar surface area (TPSA) is 82.7 Å². The minimum atomic E-state index is -0.352. The summed E-state index contributed by atoms with van der Waals surface area (Å²) >= 11 is 0. The Bertz CT molecular complexity index is 539. The third-order valence-electron chi connectivity index (χ3n) is 4.81. The highest BCUT2D eigenvalue weighted by molar-refractivity contribution is 5.76. The molecule has 1 aromatic heterocycles. The van der Waals surface area contributed by atoms with Crippen LogP contribution in [0.25, 0.3) is 0 Å². The molecule has 1 N–H and O–H groups in total. The largest absolute Gasteiger partial charge is 0.423 e. The number of carbonyl (C=O) groups is 1. The zero-order valence-electron chi connectivity index (χ0n) is 11.4. The summed E-state index contributed by atoms with van der Waals surface area (Å²) in [5.74, 6) is 2.33. The lowest BCUT2D eigenvalue weighted by atomic mass is 9.76. The lowest BCUT2D eigenvalue weighted by Crippen LogP contribution is -2.34. The van der Waals surface area contributed by atoms with Gasteiger partial charge < -0.3 is 9.32 Å². The van der Waals surface area contributed by atoms with Crippen molar-refractivity contribution < 1.29 is 14.4 Å². The predicted molar refractivity (Wildman–Crippen MR) is 66.9 cm³/mol. The van der Waals surface area contributed by atoms with Crippen molar-refractivity contribution >= 4 is 6.03 Å². The molecule has 20 heavy (non-hydrogen) atoms. The summed E-state index contributed by atoms with van der Waals surface area (Å²) in [6, 6.07) is -0.627. The number of fused-ring (bicyclic) bond motifs is 2. The third-order valence-corrected chi connectivity index (χ3v) is 4.81. The number of hydrogen-bond donors (Lipinski definition) is 1. The normalized spacial score (nSPS) is 36.4. The van der Waals surface area contributed by atoms with Gasteiger partial charge >= 0.3 is 6.03 Å². The van der Waals surface area contributed by atoms with Crippen LogP contribution < -0.4 is 0 Å². The van der Waals surface area contributed by atoms with Crippen LogP contribution >= 0.6 is 0 Å². The first-order valence-corrected chi connectivity index (χ1v) is 7.25. The molecular weight excluding hydrogens is 260 g/mol. The van der Waals surface area contributed by atoms with Crippen molar-refractivity contribution in [1.82, 2.24) is 20.2 Å². The van der Waals surface area contributed by atoms with Gasteiger partial charge in [0.1, 0.15) is 6.04 Å². The fourth-order valence-corrected chi connectivity index (χ4v) is 3.56. The first-order valence-electron chi connectivity index (χ1n) is 7.25. The Kier molecular flexibility index (Phi) is 2.54. The van der Waals surface area contributed by atoms with E-state index in [0.29, 0.717) is 24.2 Å². The van der Waals surface area contributed by atoms with Crippen molar-refractivity contribution in [3.8, 4) is 0 Å². The van der Waals surface area contributed by atoms with Crippen molar-refractivity contribution in [2.45, 2.75) is 50.6 Å². The molecular formula is C13H18N4O3. The Morgan fingerprint density at radius 3 is 2.75 bits per heavy atom. The Labute approximate surface area is 116 Å². The number of carbonyl (C=O) groups excluding carboxylic acids is 1. The molecule has 0 spiro atoms. The second kappa shape index (κ2) is 4.18. The smallest absolute Gasteiger partial charge is 0.344 e. The monoisotopic (exact) mass is 278 g/mol. The van der Waals surface area contributed by atoms with Crippen LogP contribution in [0.3, 0.4) is 0 Å². The number of nitrogens with zero attached hydrogens (tertiary/aromatic N) is 4. The summed E-state index contributed by atoms with van der Waals surface area (Å²) < 4.78 is 5.79. The van der Waals surface area contributed by atoms with E-state index in [9.17, 15) is 10.0 Å². The van der Waals surface area contributed by atoms with E-state index in [1.807, 2.05) is 0 Å². The number of hydroxylamine groups is 2. The molecule has 108 valence electrons. The van der Waals surface area contributed by atoms with Gasteiger partial charge in [-0.2, -0.15) is 0 Å². The lowest BCUT2D eigenvalue weighted by molar-refractivity contribution is -0.0584. The Balaban J connectivity index is 1.54. The molecule has 2 atom stereocenters. The molecule has 1 aromatic rings. The summed E-state index contributed by atoms with van der Waals surface area (Å²) in [7, 11) is 0. The van der Waals surface area contributed by atoms with Crippen molar-refractivity contribution in [1.29, 1.82) is 0 Å². The second-order valence-electron chi connectivity index (χ2n) is 6.28. The van der Waals surface area contributed by atoms with E-state index in [2.05, 4.69) is 17.1 Å². The quantitative estimate of drug-likeness (QED) is 0.835. The maximum atomic E-state index is 11.9. The molecule has 1 aliphatic carbocycles. The molecule has 3 fully saturated rings. The van der Waals surface area contributed by atoms with Gasteiger partial charge in [0.25, 0.3) is 0 Å². The fraction of sp³-hybridized carbons (Fsp3) is 0.769. The van der Waals surface area contributed by atoms with Crippen LogP contribution in [0.2, 0.25) is 0 Å². The first-order chi connectivity index (χ1) is 9.63. The summed E-state index contributed by atoms with van der Waals surface area (Å²) in [4.78, 5) is 13.6. The van der Waals surface area contributed by atoms with E-state index in [4.69, 9.17) is 4.42 Å². The number of amides is 2. The van der Waals surface area contributed by atoms with E-state index in [1.165, 1.54) is 0 Å². The minimum absolute atomic E-state index is 0.0892. The van der Waals surface area contributed by atoms with Crippen LogP contribution in [-0.4, -0.2) is 44.0 Å². The van der Waals surface area contributed by atoms with Gasteiger partial charge in [-0.1, -0.05) is 6.92 Å². The molecule has 7 heteroatoms. The molecule has 4 rings (SSSR count). The van der Waals surface area contributed by atoms with Gasteiger partial charge in [-0.25, -0.2) is 9.86 Å². The number of piperidine rings is 1. The summed E-state index contributed by atoms with van der Waals surface area (Å²) in [5.41, 5.74) is 0. The average Bonchev–Trinajstić information content (AvgIpc) is 2.97. The van der Waals surface area contributed by atoms with Crippen molar-refractivity contribution in [2.24, 2.45) is 5.92 Å². The van der Waals surface area contributed by atoms with Crippen LogP contribution in [0.4, 0.5) is 4.79 Å². The molecule has 2 aliphatic heterocycles. The molecule has 1 saturated carbocycles. The number of rotatable bonds is 2. The van der Waals surface area contributed by atoms with Gasteiger partial charge in [0.2, 0.25) is 11.8 Å². The van der Waals surface area contributed by atoms with Gasteiger partial charge in [-0.3, -0.25) is 5.21 Å². The van der Waals surface area contributed by atoms with E-state index in [1.54, 1.807) is 4.90 Å². The third kappa shape index (κ3) is 1.65. The number of aromatic nitrogens is 2. The molecule has 2 saturated heterocycles. The molecule has 7 nitrogen and oxygen atoms in total. The van der Waals surface area contributed by atoms with Crippen molar-refractivity contribution in [2.75, 3.05) is 6.54 Å². The highest BCUT2D eigenvalue weighted by Crippen LogP contribution is 2.42. The zero-order valence-corrected chi connectivity index (χ0v) is 11.4. The van der Waals surface area contributed by atoms with Crippen LogP contribution in [0, 0.1) is 5.92 Å². The summed E-state index contributed by atoms with van der Waals surface area (Å²) in [5, 5.41) is 18.8. The molecule has 3 heterocycles. The van der Waals surface area contributed by atoms with E-state index in [-0.39, 0.29) is 18.1 Å². The van der Waals surface area contributed by atoms with Crippen LogP contribution in [0.5, 0.6) is 0 Å². The van der Waals surface area contributed by atoms with Crippen molar-refractivity contribution in [3.63, 3.8) is 0 Å². The highest BCUT2D eigenvalue weighted by atomic mass is 16.5. The van der Waals surface area contributed by atoms with Crippen molar-refractivity contribution in [3.05, 3.63) is 11.8 Å². The minimum Gasteiger partial charge on any atom is -0.423 e. The fourth-order valence-electron chi connectivity index (χ4n) is 3.56. The zero-order chi connectivity index (χ0) is 13.9. The Morgan fingerprint density at radius 2 is 2.00 bits per heavy atom. The lowest BCUT2D eigenvalue weighted by Gasteiger charge is -2.30. The molecule has 0 aromatic carbocycles. The molecule has 2 amide bonds. The average molecular weight is 278 g/mol. The number of hydrogen-bond acceptors (Lipinski definition) is 5. The van der Waals surface area contributed by atoms with Crippen LogP contribution in [0.15, 0.2) is 4.42 Å².